The number of sulfonamides is 1. The lowest BCUT2D eigenvalue weighted by Gasteiger charge is -2.28. The van der Waals surface area contributed by atoms with E-state index in [9.17, 15) is 13.2 Å². The van der Waals surface area contributed by atoms with Gasteiger partial charge in [0.05, 0.1) is 19.1 Å². The number of carbonyl (C=O) groups is 1. The molecule has 1 N–H and O–H groups in total. The minimum absolute atomic E-state index is 0.294. The summed E-state index contributed by atoms with van der Waals surface area (Å²) in [5.41, 5.74) is 0.440. The van der Waals surface area contributed by atoms with Crippen LogP contribution >= 0.6 is 0 Å². The van der Waals surface area contributed by atoms with Crippen LogP contribution < -0.4 is 14.4 Å². The first-order chi connectivity index (χ1) is 13.3. The number of rotatable bonds is 9. The van der Waals surface area contributed by atoms with Crippen LogP contribution in [0.5, 0.6) is 5.75 Å². The topological polar surface area (TPSA) is 79.0 Å². The molecule has 7 nitrogen and oxygen atoms in total. The fourth-order valence-corrected chi connectivity index (χ4v) is 4.73. The number of anilines is 1. The molecule has 0 aliphatic carbocycles. The molecular weight excluding hydrogens is 378 g/mol. The van der Waals surface area contributed by atoms with E-state index in [4.69, 9.17) is 4.74 Å². The van der Waals surface area contributed by atoms with Crippen molar-refractivity contribution in [1.82, 2.24) is 10.2 Å². The highest BCUT2D eigenvalue weighted by atomic mass is 32.2. The molecular formula is C20H33N3O4S. The van der Waals surface area contributed by atoms with Crippen molar-refractivity contribution in [2.45, 2.75) is 45.1 Å². The highest BCUT2D eigenvalue weighted by molar-refractivity contribution is 7.92. The smallest absolute Gasteiger partial charge is 0.243 e. The van der Waals surface area contributed by atoms with Crippen LogP contribution in [0.3, 0.4) is 0 Å². The van der Waals surface area contributed by atoms with Crippen LogP contribution in [-0.2, 0) is 14.8 Å². The summed E-state index contributed by atoms with van der Waals surface area (Å²) in [5, 5.41) is 2.89. The normalized spacial score (nSPS) is 16.8. The number of ether oxygens (including phenoxy) is 1. The van der Waals surface area contributed by atoms with Crippen molar-refractivity contribution in [1.29, 1.82) is 0 Å². The van der Waals surface area contributed by atoms with Crippen molar-refractivity contribution in [2.24, 2.45) is 0 Å². The van der Waals surface area contributed by atoms with Gasteiger partial charge in [0.15, 0.2) is 0 Å². The second-order valence-corrected chi connectivity index (χ2v) is 9.19. The summed E-state index contributed by atoms with van der Waals surface area (Å²) in [6.07, 6.45) is 7.07. The van der Waals surface area contributed by atoms with Gasteiger partial charge in [-0.05, 0) is 70.1 Å². The van der Waals surface area contributed by atoms with Gasteiger partial charge >= 0.3 is 0 Å². The van der Waals surface area contributed by atoms with E-state index in [2.05, 4.69) is 10.2 Å². The molecule has 1 heterocycles. The van der Waals surface area contributed by atoms with Gasteiger partial charge in [-0.2, -0.15) is 0 Å². The van der Waals surface area contributed by atoms with Gasteiger partial charge in [0.25, 0.3) is 0 Å². The lowest BCUT2D eigenvalue weighted by molar-refractivity contribution is -0.121. The van der Waals surface area contributed by atoms with E-state index in [0.717, 1.165) is 36.6 Å². The van der Waals surface area contributed by atoms with Gasteiger partial charge in [0.1, 0.15) is 11.8 Å². The highest BCUT2D eigenvalue weighted by Crippen LogP contribution is 2.23. The van der Waals surface area contributed by atoms with Gasteiger partial charge in [-0.3, -0.25) is 9.10 Å². The third kappa shape index (κ3) is 6.67. The molecule has 2 rings (SSSR count). The Balaban J connectivity index is 1.91. The Bertz CT molecular complexity index is 713. The van der Waals surface area contributed by atoms with Crippen LogP contribution in [0.4, 0.5) is 5.69 Å². The van der Waals surface area contributed by atoms with E-state index in [1.165, 1.54) is 25.7 Å². The fraction of sp³-hybridized carbons (Fsp3) is 0.650. The number of nitrogens with one attached hydrogen (secondary N) is 1. The Morgan fingerprint density at radius 3 is 2.32 bits per heavy atom. The van der Waals surface area contributed by atoms with Gasteiger partial charge in [-0.15, -0.1) is 0 Å². The van der Waals surface area contributed by atoms with Crippen LogP contribution in [-0.4, -0.2) is 64.8 Å². The second kappa shape index (κ2) is 10.7. The first kappa shape index (κ1) is 22.5. The van der Waals surface area contributed by atoms with Crippen LogP contribution in [0.1, 0.15) is 39.0 Å². The quantitative estimate of drug-likeness (QED) is 0.631. The van der Waals surface area contributed by atoms with Crippen molar-refractivity contribution >= 4 is 21.6 Å². The number of methoxy groups -OCH3 is 1. The third-order valence-corrected chi connectivity index (χ3v) is 6.31. The lowest BCUT2D eigenvalue weighted by atomic mass is 10.2. The summed E-state index contributed by atoms with van der Waals surface area (Å²) in [6, 6.07) is 5.81. The Labute approximate surface area is 169 Å². The standard InChI is InChI=1S/C20H33N3O4S/c1-17(20(24)21-13-8-16-22-14-6-4-5-7-15-22)23(28(3,25)26)18-9-11-19(27-2)12-10-18/h9-12,17H,4-8,13-16H2,1-3H3,(H,21,24)/t17-/m0/s1. The maximum atomic E-state index is 12.6. The molecule has 1 atom stereocenters. The summed E-state index contributed by atoms with van der Waals surface area (Å²) in [4.78, 5) is 15.0. The van der Waals surface area contributed by atoms with Gasteiger partial charge in [-0.1, -0.05) is 12.8 Å². The zero-order valence-electron chi connectivity index (χ0n) is 17.2. The molecule has 0 spiro atoms. The number of nitrogens with zero attached hydrogens (tertiary/aromatic N) is 2. The van der Waals surface area contributed by atoms with E-state index in [1.54, 1.807) is 38.3 Å². The maximum absolute atomic E-state index is 12.6. The average Bonchev–Trinajstić information content (AvgIpc) is 2.93. The molecule has 158 valence electrons. The maximum Gasteiger partial charge on any atom is 0.243 e. The van der Waals surface area contributed by atoms with Gasteiger partial charge in [0.2, 0.25) is 15.9 Å². The summed E-state index contributed by atoms with van der Waals surface area (Å²) >= 11 is 0. The number of hydrogen-bond donors (Lipinski definition) is 1. The molecule has 1 amide bonds. The average molecular weight is 412 g/mol. The molecule has 0 aromatic heterocycles. The Hall–Kier alpha value is -1.80. The summed E-state index contributed by atoms with van der Waals surface area (Å²) in [6.45, 7) is 5.37. The monoisotopic (exact) mass is 411 g/mol. The molecule has 1 saturated heterocycles. The first-order valence-electron chi connectivity index (χ1n) is 9.96. The molecule has 1 aromatic rings. The van der Waals surface area contributed by atoms with Crippen LogP contribution in [0.2, 0.25) is 0 Å². The molecule has 0 saturated carbocycles. The Morgan fingerprint density at radius 1 is 1.18 bits per heavy atom. The van der Waals surface area contributed by atoms with Crippen molar-refractivity contribution in [3.63, 3.8) is 0 Å². The molecule has 0 bridgehead atoms. The number of amides is 1. The van der Waals surface area contributed by atoms with E-state index in [-0.39, 0.29) is 5.91 Å². The minimum atomic E-state index is -3.61. The van der Waals surface area contributed by atoms with Crippen molar-refractivity contribution < 1.29 is 17.9 Å². The van der Waals surface area contributed by atoms with Crippen LogP contribution in [0.25, 0.3) is 0 Å². The highest BCUT2D eigenvalue weighted by Gasteiger charge is 2.28. The van der Waals surface area contributed by atoms with E-state index < -0.39 is 16.1 Å². The van der Waals surface area contributed by atoms with Crippen LogP contribution in [0, 0.1) is 0 Å². The van der Waals surface area contributed by atoms with E-state index in [1.807, 2.05) is 0 Å². The zero-order valence-corrected chi connectivity index (χ0v) is 18.0. The fourth-order valence-electron chi connectivity index (χ4n) is 3.56. The number of hydrogen-bond acceptors (Lipinski definition) is 5. The van der Waals surface area contributed by atoms with E-state index >= 15 is 0 Å². The number of benzene rings is 1. The van der Waals surface area contributed by atoms with Gasteiger partial charge in [-0.25, -0.2) is 8.42 Å². The number of carbonyl (C=O) groups excluding carboxylic acids is 1. The summed E-state index contributed by atoms with van der Waals surface area (Å²) < 4.78 is 30.9. The predicted octanol–water partition coefficient (Wildman–Crippen LogP) is 2.23. The lowest BCUT2D eigenvalue weighted by Crippen LogP contribution is -2.48. The van der Waals surface area contributed by atoms with Crippen molar-refractivity contribution in [3.8, 4) is 5.75 Å². The molecule has 1 aliphatic heterocycles. The molecule has 8 heteroatoms. The van der Waals surface area contributed by atoms with Gasteiger partial charge < -0.3 is 15.0 Å². The SMILES string of the molecule is COc1ccc(N([C@@H](C)C(=O)NCCCN2CCCCCC2)S(C)(=O)=O)cc1. The second-order valence-electron chi connectivity index (χ2n) is 7.33. The third-order valence-electron chi connectivity index (χ3n) is 5.06. The van der Waals surface area contributed by atoms with Gasteiger partial charge in [0, 0.05) is 6.54 Å². The zero-order chi connectivity index (χ0) is 20.6. The Morgan fingerprint density at radius 2 is 1.79 bits per heavy atom. The largest absolute Gasteiger partial charge is 0.497 e. The molecule has 28 heavy (non-hydrogen) atoms. The van der Waals surface area contributed by atoms with Crippen molar-refractivity contribution in [3.05, 3.63) is 24.3 Å². The minimum Gasteiger partial charge on any atom is -0.497 e. The van der Waals surface area contributed by atoms with Crippen molar-refractivity contribution in [2.75, 3.05) is 43.8 Å². The molecule has 0 radical (unpaired) electrons. The van der Waals surface area contributed by atoms with E-state index in [0.29, 0.717) is 18.0 Å². The predicted molar refractivity (Wildman–Crippen MR) is 112 cm³/mol. The molecule has 1 fully saturated rings. The molecule has 1 aromatic carbocycles. The summed E-state index contributed by atoms with van der Waals surface area (Å²) in [5.74, 6) is 0.333. The first-order valence-corrected chi connectivity index (χ1v) is 11.8. The van der Waals surface area contributed by atoms with Crippen LogP contribution in [0.15, 0.2) is 24.3 Å². The summed E-state index contributed by atoms with van der Waals surface area (Å²) in [7, 11) is -2.06. The Kier molecular flexibility index (Phi) is 8.57. The molecule has 1 aliphatic rings. The number of likely N-dealkylation sites (tertiary alicyclic amines) is 1. The molecule has 0 unspecified atom stereocenters.